The first-order valence-electron chi connectivity index (χ1n) is 32.3. The van der Waals surface area contributed by atoms with E-state index >= 15 is 0 Å². The molecule has 0 aliphatic carbocycles. The Bertz CT molecular complexity index is 401. The highest BCUT2D eigenvalue weighted by atomic mass is 16.5. The summed E-state index contributed by atoms with van der Waals surface area (Å²) in [6, 6.07) is 0. The van der Waals surface area contributed by atoms with Crippen molar-refractivity contribution in [1.82, 2.24) is 0 Å². The molecule has 0 aromatic heterocycles. The van der Waals surface area contributed by atoms with Crippen molar-refractivity contribution in [2.45, 2.75) is 200 Å². The molecule has 0 amide bonds. The summed E-state index contributed by atoms with van der Waals surface area (Å²) in [5, 5.41) is 196. The smallest absolute Gasteiger partial charge is 0.0693 e. The lowest BCUT2D eigenvalue weighted by Gasteiger charge is -1.84. The molecule has 29 nitrogen and oxygen atoms in total. The Hall–Kier alpha value is -1.16. The molecular weight excluding hydrogens is 1220 g/mol. The lowest BCUT2D eigenvalue weighted by molar-refractivity contribution is 0.135. The second kappa shape index (κ2) is 323. The molecule has 0 radical (unpaired) electrons. The molecule has 0 saturated heterocycles. The van der Waals surface area contributed by atoms with Crippen LogP contribution in [0.1, 0.15) is 200 Å². The first-order valence-corrected chi connectivity index (χ1v) is 32.3. The van der Waals surface area contributed by atoms with Crippen LogP contribution < -0.4 is 0 Å². The van der Waals surface area contributed by atoms with Crippen molar-refractivity contribution in [1.29, 1.82) is 0 Å². The largest absolute Gasteiger partial charge is 0.396 e. The fourth-order valence-electron chi connectivity index (χ4n) is 0.365. The van der Waals surface area contributed by atoms with Gasteiger partial charge in [0.15, 0.2) is 0 Å². The lowest BCUT2D eigenvalue weighted by atomic mass is 10.5. The Kier molecular flexibility index (Phi) is 544. The van der Waals surface area contributed by atoms with Gasteiger partial charge in [-0.15, -0.1) is 0 Å². The maximum atomic E-state index is 7.94. The van der Waals surface area contributed by atoms with E-state index in [9.17, 15) is 0 Å². The predicted octanol–water partition coefficient (Wildman–Crippen LogP) is 1.24. The van der Waals surface area contributed by atoms with E-state index < -0.39 is 0 Å². The molecule has 0 aromatic rings. The zero-order chi connectivity index (χ0) is 77.9. The minimum atomic E-state index is -0.125. The number of methoxy groups -OCH3 is 4. The zero-order valence-electron chi connectivity index (χ0n) is 62.9. The number of rotatable bonds is 26. The van der Waals surface area contributed by atoms with Gasteiger partial charge in [-0.3, -0.25) is 0 Å². The van der Waals surface area contributed by atoms with E-state index in [2.05, 4.69) is 18.9 Å². The summed E-state index contributed by atoms with van der Waals surface area (Å²) in [7, 11) is 6.21. The summed E-state index contributed by atoms with van der Waals surface area (Å²) in [6.07, 6.45) is 13.1. The molecule has 29 heteroatoms. The van der Waals surface area contributed by atoms with E-state index in [1.54, 1.807) is 28.4 Å². The van der Waals surface area contributed by atoms with Crippen LogP contribution in [-0.2, 0) is 18.9 Å². The van der Waals surface area contributed by atoms with Crippen molar-refractivity contribution >= 4 is 0 Å². The van der Waals surface area contributed by atoms with Crippen molar-refractivity contribution in [2.75, 3.05) is 220 Å². The van der Waals surface area contributed by atoms with Crippen LogP contribution in [0.3, 0.4) is 0 Å². The van der Waals surface area contributed by atoms with Gasteiger partial charge in [-0.25, -0.2) is 0 Å². The van der Waals surface area contributed by atoms with Crippen LogP contribution in [0.25, 0.3) is 0 Å². The van der Waals surface area contributed by atoms with Gasteiger partial charge in [0.1, 0.15) is 0 Å². The normalized spacial score (nSPS) is 7.70. The van der Waals surface area contributed by atoms with Crippen LogP contribution in [0.15, 0.2) is 0 Å². The van der Waals surface area contributed by atoms with Gasteiger partial charge in [0.25, 0.3) is 0 Å². The first-order chi connectivity index (χ1) is 44.1. The van der Waals surface area contributed by atoms with E-state index in [1.807, 2.05) is 104 Å². The summed E-state index contributed by atoms with van der Waals surface area (Å²) >= 11 is 0. The van der Waals surface area contributed by atoms with Gasteiger partial charge in [0, 0.05) is 128 Å². The third-order valence-corrected chi connectivity index (χ3v) is 4.84. The van der Waals surface area contributed by atoms with E-state index in [-0.39, 0.29) is 66.1 Å². The molecule has 0 unspecified atom stereocenters. The monoisotopic (exact) mass is 1390 g/mol. The lowest BCUT2D eigenvalue weighted by Crippen LogP contribution is -1.91. The van der Waals surface area contributed by atoms with E-state index in [0.29, 0.717) is 126 Å². The number of hydrogen-bond donors (Lipinski definition) is 25. The standard InChI is InChI=1S/4C3H8O2.15C3H8O.3C2H6O2/c4*1-5-3-2-4;15*1-2-3-4;3*3-1-2-4/h4*4H,2-3H2,1H3;15*4H,2-3H2,1H3;3*3-4H,1-2H2. The molecule has 0 aliphatic heterocycles. The number of hydrogen-bond acceptors (Lipinski definition) is 29. The molecule has 0 heterocycles. The molecule has 0 saturated carbocycles. The van der Waals surface area contributed by atoms with Gasteiger partial charge in [-0.1, -0.05) is 104 Å². The molecule has 0 aliphatic rings. The zero-order valence-corrected chi connectivity index (χ0v) is 62.9. The maximum Gasteiger partial charge on any atom is 0.0693 e. The maximum absolute atomic E-state index is 7.94. The minimum Gasteiger partial charge on any atom is -0.396 e. The molecule has 92 heavy (non-hydrogen) atoms. The van der Waals surface area contributed by atoms with E-state index in [1.165, 1.54) is 0 Å². The van der Waals surface area contributed by atoms with Crippen LogP contribution in [0, 0.1) is 0 Å². The van der Waals surface area contributed by atoms with Gasteiger partial charge in [-0.2, -0.15) is 0 Å². The van der Waals surface area contributed by atoms with E-state index in [4.69, 9.17) is 128 Å². The SMILES string of the molecule is CCCO.CCCO.CCCO.CCCO.CCCO.CCCO.CCCO.CCCO.CCCO.CCCO.CCCO.CCCO.CCCO.CCCO.CCCO.COCCO.COCCO.COCCO.COCCO.OCCO.OCCO.OCCO. The second-order valence-electron chi connectivity index (χ2n) is 15.1. The molecule has 0 aromatic carbocycles. The van der Waals surface area contributed by atoms with Crippen molar-refractivity contribution in [3.05, 3.63) is 0 Å². The average Bonchev–Trinajstić information content (AvgIpc) is 3.63. The predicted molar refractivity (Wildman–Crippen MR) is 379 cm³/mol. The quantitative estimate of drug-likeness (QED) is 0.0579. The summed E-state index contributed by atoms with van der Waals surface area (Å²) in [5.74, 6) is 0. The van der Waals surface area contributed by atoms with Crippen molar-refractivity contribution in [3.63, 3.8) is 0 Å². The van der Waals surface area contributed by atoms with Crippen molar-refractivity contribution < 1.29 is 147 Å². The van der Waals surface area contributed by atoms with E-state index in [0.717, 1.165) is 96.3 Å². The molecule has 0 atom stereocenters. The Balaban J connectivity index is -0.0000000279. The number of aliphatic hydroxyl groups excluding tert-OH is 25. The van der Waals surface area contributed by atoms with Crippen LogP contribution in [-0.4, -0.2) is 348 Å². The Labute approximate surface area is 565 Å². The molecule has 0 spiro atoms. The third-order valence-electron chi connectivity index (χ3n) is 4.84. The van der Waals surface area contributed by atoms with Gasteiger partial charge in [0.2, 0.25) is 0 Å². The van der Waals surface area contributed by atoms with Crippen molar-refractivity contribution in [3.8, 4) is 0 Å². The highest BCUT2D eigenvalue weighted by Crippen LogP contribution is 1.67. The molecule has 596 valence electrons. The molecular formula is C63H170O29. The van der Waals surface area contributed by atoms with Gasteiger partial charge < -0.3 is 147 Å². The van der Waals surface area contributed by atoms with Gasteiger partial charge >= 0.3 is 0 Å². The third kappa shape index (κ3) is 1110. The highest BCUT2D eigenvalue weighted by molar-refractivity contribution is 4.18. The number of aliphatic hydroxyl groups is 25. The molecule has 0 fully saturated rings. The van der Waals surface area contributed by atoms with Crippen LogP contribution in [0.4, 0.5) is 0 Å². The summed E-state index contributed by atoms with van der Waals surface area (Å²) in [6.45, 7) is 35.3. The summed E-state index contributed by atoms with van der Waals surface area (Å²) < 4.78 is 17.8. The fourth-order valence-corrected chi connectivity index (χ4v) is 0.365. The minimum absolute atomic E-state index is 0.122. The Morgan fingerprint density at radius 2 is 0.174 bits per heavy atom. The molecule has 25 N–H and O–H groups in total. The summed E-state index contributed by atoms with van der Waals surface area (Å²) in [4.78, 5) is 0. The fraction of sp³-hybridized carbons (Fsp3) is 1.00. The summed E-state index contributed by atoms with van der Waals surface area (Å²) in [5.41, 5.74) is 0. The second-order valence-corrected chi connectivity index (χ2v) is 15.1. The van der Waals surface area contributed by atoms with Gasteiger partial charge in [-0.05, 0) is 96.3 Å². The van der Waals surface area contributed by atoms with Crippen LogP contribution >= 0.6 is 0 Å². The Morgan fingerprint density at radius 1 is 0.120 bits per heavy atom. The topological polar surface area (TPSA) is 543 Å². The number of ether oxygens (including phenoxy) is 4. The molecule has 0 bridgehead atoms. The van der Waals surface area contributed by atoms with Crippen LogP contribution in [0.2, 0.25) is 0 Å². The van der Waals surface area contributed by atoms with Crippen LogP contribution in [0.5, 0.6) is 0 Å². The molecule has 0 rings (SSSR count). The highest BCUT2D eigenvalue weighted by Gasteiger charge is 1.70. The van der Waals surface area contributed by atoms with Crippen molar-refractivity contribution in [2.24, 2.45) is 0 Å². The van der Waals surface area contributed by atoms with Gasteiger partial charge in [0.05, 0.1) is 92.5 Å². The first kappa shape index (κ1) is 155. The average molecular weight is 1390 g/mol. The Morgan fingerprint density at radius 3 is 0.174 bits per heavy atom.